The lowest BCUT2D eigenvalue weighted by molar-refractivity contribution is -0.0979. The highest BCUT2D eigenvalue weighted by molar-refractivity contribution is 8.24. The molecule has 2 aromatic heterocycles. The molecule has 4 aromatic carbocycles. The van der Waals surface area contributed by atoms with Crippen LogP contribution in [0, 0.1) is 5.41 Å². The molecule has 3 aliphatic rings. The summed E-state index contributed by atoms with van der Waals surface area (Å²) in [7, 11) is -5.92. The van der Waals surface area contributed by atoms with Gasteiger partial charge in [0.25, 0.3) is 0 Å². The normalized spacial score (nSPS) is 20.3. The zero-order valence-corrected chi connectivity index (χ0v) is 34.5. The first kappa shape index (κ1) is 40.2. The second-order valence-electron chi connectivity index (χ2n) is 15.8. The monoisotopic (exact) mass is 858 g/mol. The van der Waals surface area contributed by atoms with E-state index in [1.54, 1.807) is 48.5 Å². The lowest BCUT2D eigenvalue weighted by atomic mass is 9.86. The average molecular weight is 859 g/mol. The molecule has 2 unspecified atom stereocenters. The number of nitrogens with one attached hydrogen (secondary N) is 1. The van der Waals surface area contributed by atoms with Crippen LogP contribution in [0.2, 0.25) is 5.02 Å². The minimum atomic E-state index is -2.97. The van der Waals surface area contributed by atoms with Crippen molar-refractivity contribution in [1.82, 2.24) is 9.97 Å². The van der Waals surface area contributed by atoms with Crippen LogP contribution >= 0.6 is 32.8 Å². The number of aromatic nitrogens is 2. The van der Waals surface area contributed by atoms with Crippen molar-refractivity contribution in [2.75, 3.05) is 66.0 Å². The molecular formula is C43H47ClN6O7S2. The van der Waals surface area contributed by atoms with Crippen molar-refractivity contribution in [3.05, 3.63) is 124 Å². The van der Waals surface area contributed by atoms with E-state index in [-0.39, 0.29) is 16.9 Å². The Balaban J connectivity index is 1.01. The van der Waals surface area contributed by atoms with Crippen LogP contribution < -0.4 is 20.9 Å². The number of hydrogen-bond acceptors (Lipinski definition) is 13. The quantitative estimate of drug-likeness (QED) is 0.0700. The molecule has 2 atom stereocenters. The molecule has 5 heterocycles. The maximum absolute atomic E-state index is 11.7. The van der Waals surface area contributed by atoms with Crippen molar-refractivity contribution in [2.24, 2.45) is 11.1 Å². The van der Waals surface area contributed by atoms with Crippen LogP contribution in [0.1, 0.15) is 34.5 Å². The van der Waals surface area contributed by atoms with Gasteiger partial charge in [0, 0.05) is 67.2 Å². The fraction of sp³-hybridized carbons (Fsp3) is 0.302. The zero-order chi connectivity index (χ0) is 41.1. The number of benzene rings is 4. The fourth-order valence-corrected chi connectivity index (χ4v) is 11.5. The topological polar surface area (TPSA) is 201 Å². The van der Waals surface area contributed by atoms with Crippen LogP contribution in [-0.2, 0) is 17.8 Å². The van der Waals surface area contributed by atoms with Crippen molar-refractivity contribution in [1.29, 1.82) is 0 Å². The summed E-state index contributed by atoms with van der Waals surface area (Å²) in [4.78, 5) is 15.0. The molecule has 3 aliphatic heterocycles. The zero-order valence-electron chi connectivity index (χ0n) is 32.1. The lowest BCUT2D eigenvalue weighted by Gasteiger charge is -2.40. The van der Waals surface area contributed by atoms with Gasteiger partial charge in [0.05, 0.1) is 50.6 Å². The van der Waals surface area contributed by atoms with Crippen LogP contribution in [0.15, 0.2) is 107 Å². The summed E-state index contributed by atoms with van der Waals surface area (Å²) >= 11 is 6.88. The molecule has 0 spiro atoms. The number of ether oxygens (including phenoxy) is 1. The number of hydrogen-bond donors (Lipinski definition) is 8. The van der Waals surface area contributed by atoms with Gasteiger partial charge in [-0.05, 0) is 64.7 Å². The van der Waals surface area contributed by atoms with Gasteiger partial charge in [-0.1, -0.05) is 60.1 Å². The average Bonchev–Trinajstić information content (AvgIpc) is 3.45. The summed E-state index contributed by atoms with van der Waals surface area (Å²) in [5, 5.41) is 28.7. The number of aliphatic hydroxyl groups excluding tert-OH is 2. The fourth-order valence-electron chi connectivity index (χ4n) is 8.15. The van der Waals surface area contributed by atoms with E-state index in [2.05, 4.69) is 5.32 Å². The van der Waals surface area contributed by atoms with Crippen molar-refractivity contribution >= 4 is 71.9 Å². The molecule has 310 valence electrons. The molecule has 1 fully saturated rings. The van der Waals surface area contributed by atoms with Crippen LogP contribution in [-0.4, -0.2) is 89.3 Å². The summed E-state index contributed by atoms with van der Waals surface area (Å²) in [5.41, 5.74) is 10.5. The number of nitrogens with zero attached hydrogens (tertiary/aromatic N) is 4. The first-order chi connectivity index (χ1) is 28.3. The predicted octanol–water partition coefficient (Wildman–Crippen LogP) is 7.85. The Morgan fingerprint density at radius 2 is 1.22 bits per heavy atom. The van der Waals surface area contributed by atoms with Gasteiger partial charge in [0.15, 0.2) is 0 Å². The number of pyridine rings is 2. The summed E-state index contributed by atoms with van der Waals surface area (Å²) < 4.78 is 49.2. The molecule has 0 aliphatic carbocycles. The molecule has 16 heteroatoms. The van der Waals surface area contributed by atoms with E-state index in [4.69, 9.17) is 32.0 Å². The Kier molecular flexibility index (Phi) is 10.7. The van der Waals surface area contributed by atoms with Crippen molar-refractivity contribution in [3.8, 4) is 0 Å². The first-order valence-corrected chi connectivity index (χ1v) is 23.2. The highest BCUT2D eigenvalue weighted by Gasteiger charge is 2.37. The minimum Gasteiger partial charge on any atom is -0.385 e. The molecule has 9 N–H and O–H groups in total. The minimum absolute atomic E-state index is 0.168. The standard InChI is InChI=1S/C43H47ClN6O7S2/c44-33-19-39(49-13-15-58(53,54)37-7-3-1-5-29(37)21-49)47-34-11-9-27(17-31(33)34)41(51)42(52)28-10-12-35-32(18-28)36(46-24-43(23-45)25-57-26-43)20-40(48-35)50-14-16-59(55,56)38-8-4-2-6-30(38)22-50/h1-12,17-20,41-42,51-56H,13-16,21-26,45H2,(H,46,48). The molecule has 0 bridgehead atoms. The number of aliphatic hydroxyl groups is 2. The number of anilines is 3. The second-order valence-corrected chi connectivity index (χ2v) is 20.6. The lowest BCUT2D eigenvalue weighted by Crippen LogP contribution is -2.52. The molecule has 1 saturated heterocycles. The SMILES string of the molecule is NCC1(CNc2cc(N3CCS(O)(O)c4ccccc4C3)nc3ccc(C(O)C(O)c4ccc5nc(N6CCS(O)(O)c7ccccc7C6)cc(Cl)c5c4)cc23)COC1. The molecule has 0 amide bonds. The molecule has 9 rings (SSSR count). The van der Waals surface area contributed by atoms with Gasteiger partial charge in [-0.2, -0.15) is 21.2 Å². The number of halogens is 1. The third kappa shape index (κ3) is 7.70. The Morgan fingerprint density at radius 1 is 0.712 bits per heavy atom. The van der Waals surface area contributed by atoms with Crippen molar-refractivity contribution in [2.45, 2.75) is 35.1 Å². The van der Waals surface area contributed by atoms with Gasteiger partial charge in [0.2, 0.25) is 0 Å². The van der Waals surface area contributed by atoms with Crippen molar-refractivity contribution in [3.63, 3.8) is 0 Å². The second kappa shape index (κ2) is 15.7. The van der Waals surface area contributed by atoms with Gasteiger partial charge in [0.1, 0.15) is 23.8 Å². The highest BCUT2D eigenvalue weighted by Crippen LogP contribution is 2.53. The molecule has 59 heavy (non-hydrogen) atoms. The molecule has 6 aromatic rings. The van der Waals surface area contributed by atoms with E-state index in [1.165, 1.54) is 0 Å². The Hall–Kier alpha value is -4.23. The summed E-state index contributed by atoms with van der Waals surface area (Å²) in [6.07, 6.45) is -2.62. The maximum Gasteiger partial charge on any atom is 0.131 e. The van der Waals surface area contributed by atoms with E-state index in [1.807, 2.05) is 58.3 Å². The van der Waals surface area contributed by atoms with Gasteiger partial charge in [-0.25, -0.2) is 9.97 Å². The molecular weight excluding hydrogens is 812 g/mol. The van der Waals surface area contributed by atoms with E-state index in [0.29, 0.717) is 106 Å². The van der Waals surface area contributed by atoms with E-state index in [0.717, 1.165) is 22.2 Å². The molecule has 0 saturated carbocycles. The number of nitrogens with two attached hydrogens (primary N) is 1. The van der Waals surface area contributed by atoms with Gasteiger partial charge < -0.3 is 35.8 Å². The van der Waals surface area contributed by atoms with Crippen LogP contribution in [0.3, 0.4) is 0 Å². The number of rotatable bonds is 9. The predicted molar refractivity (Wildman–Crippen MR) is 236 cm³/mol. The summed E-state index contributed by atoms with van der Waals surface area (Å²) in [5.74, 6) is 1.60. The summed E-state index contributed by atoms with van der Waals surface area (Å²) in [6.45, 7) is 3.71. The molecule has 0 radical (unpaired) electrons. The molecule has 13 nitrogen and oxygen atoms in total. The van der Waals surface area contributed by atoms with Crippen molar-refractivity contribution < 1.29 is 33.2 Å². The number of fused-ring (bicyclic) bond motifs is 4. The Labute approximate surface area is 350 Å². The third-order valence-electron chi connectivity index (χ3n) is 11.8. The van der Waals surface area contributed by atoms with E-state index in [9.17, 15) is 28.4 Å². The van der Waals surface area contributed by atoms with E-state index < -0.39 is 33.4 Å². The van der Waals surface area contributed by atoms with Crippen LogP contribution in [0.4, 0.5) is 17.3 Å². The maximum atomic E-state index is 11.7. The van der Waals surface area contributed by atoms with Crippen LogP contribution in [0.5, 0.6) is 0 Å². The highest BCUT2D eigenvalue weighted by atomic mass is 35.5. The van der Waals surface area contributed by atoms with Gasteiger partial charge >= 0.3 is 0 Å². The van der Waals surface area contributed by atoms with Gasteiger partial charge in [-0.15, -0.1) is 0 Å². The first-order valence-electron chi connectivity index (χ1n) is 19.4. The van der Waals surface area contributed by atoms with Gasteiger partial charge in [-0.3, -0.25) is 18.2 Å². The Morgan fingerprint density at radius 3 is 1.75 bits per heavy atom. The van der Waals surface area contributed by atoms with E-state index >= 15 is 0 Å². The Bertz CT molecular complexity index is 2560. The van der Waals surface area contributed by atoms with Crippen LogP contribution in [0.25, 0.3) is 21.8 Å². The smallest absolute Gasteiger partial charge is 0.131 e. The third-order valence-corrected chi connectivity index (χ3v) is 15.8. The largest absolute Gasteiger partial charge is 0.385 e. The summed E-state index contributed by atoms with van der Waals surface area (Å²) in [6, 6.07) is 29.1.